The molecule has 1 aliphatic rings. The molecule has 1 atom stereocenters. The molecule has 1 aromatic heterocycles. The first kappa shape index (κ1) is 21.3. The van der Waals surface area contributed by atoms with Gasteiger partial charge in [-0.05, 0) is 54.8 Å². The predicted octanol–water partition coefficient (Wildman–Crippen LogP) is 5.12. The van der Waals surface area contributed by atoms with E-state index in [4.69, 9.17) is 4.74 Å². The molecule has 1 unspecified atom stereocenters. The number of ether oxygens (including phenoxy) is 1. The van der Waals surface area contributed by atoms with Crippen LogP contribution in [0.4, 0.5) is 4.39 Å². The lowest BCUT2D eigenvalue weighted by Gasteiger charge is -2.32. The summed E-state index contributed by atoms with van der Waals surface area (Å²) in [5.74, 6) is 1.27. The average molecular weight is 444 g/mol. The highest BCUT2D eigenvalue weighted by atomic mass is 19.1. The van der Waals surface area contributed by atoms with Crippen molar-refractivity contribution in [1.82, 2.24) is 14.9 Å². The number of fused-ring (bicyclic) bond motifs is 1. The van der Waals surface area contributed by atoms with Gasteiger partial charge < -0.3 is 9.72 Å². The molecule has 33 heavy (non-hydrogen) atoms. The lowest BCUT2D eigenvalue weighted by molar-refractivity contribution is 0.196. The number of methoxy groups -OCH3 is 1. The van der Waals surface area contributed by atoms with Crippen LogP contribution >= 0.6 is 0 Å². The maximum absolute atomic E-state index is 13.5. The van der Waals surface area contributed by atoms with Gasteiger partial charge in [0.2, 0.25) is 0 Å². The smallest absolute Gasteiger partial charge is 0.258 e. The van der Waals surface area contributed by atoms with Crippen molar-refractivity contribution in [3.05, 3.63) is 94.3 Å². The molecule has 1 fully saturated rings. The van der Waals surface area contributed by atoms with Crippen LogP contribution in [0, 0.1) is 5.82 Å². The van der Waals surface area contributed by atoms with Gasteiger partial charge in [-0.1, -0.05) is 42.5 Å². The van der Waals surface area contributed by atoms with E-state index in [1.807, 2.05) is 18.2 Å². The highest BCUT2D eigenvalue weighted by molar-refractivity contribution is 5.77. The second-order valence-corrected chi connectivity index (χ2v) is 8.58. The van der Waals surface area contributed by atoms with E-state index in [1.54, 1.807) is 13.2 Å². The fourth-order valence-electron chi connectivity index (χ4n) is 4.68. The van der Waals surface area contributed by atoms with Crippen LogP contribution in [0.15, 0.2) is 71.5 Å². The molecule has 3 aromatic carbocycles. The summed E-state index contributed by atoms with van der Waals surface area (Å²) in [5, 5.41) is 0.293. The number of para-hydroxylation sites is 1. The Kier molecular flexibility index (Phi) is 5.92. The number of halogens is 1. The van der Waals surface area contributed by atoms with E-state index in [0.717, 1.165) is 49.4 Å². The van der Waals surface area contributed by atoms with Crippen molar-refractivity contribution in [1.29, 1.82) is 0 Å². The van der Waals surface area contributed by atoms with Crippen LogP contribution in [0.3, 0.4) is 0 Å². The molecule has 5 nitrogen and oxygen atoms in total. The number of piperidine rings is 1. The molecular weight excluding hydrogens is 417 g/mol. The first-order valence-electron chi connectivity index (χ1n) is 11.2. The third-order valence-electron chi connectivity index (χ3n) is 6.36. The number of H-pyrrole nitrogens is 1. The number of aromatic nitrogens is 2. The molecule has 0 radical (unpaired) electrons. The van der Waals surface area contributed by atoms with E-state index in [-0.39, 0.29) is 11.5 Å². The lowest BCUT2D eigenvalue weighted by atomic mass is 9.96. The zero-order chi connectivity index (χ0) is 22.8. The van der Waals surface area contributed by atoms with E-state index in [1.165, 1.54) is 17.7 Å². The molecule has 1 saturated heterocycles. The summed E-state index contributed by atoms with van der Waals surface area (Å²) in [6.07, 6.45) is 2.01. The van der Waals surface area contributed by atoms with Gasteiger partial charge in [-0.3, -0.25) is 9.69 Å². The molecule has 0 spiro atoms. The van der Waals surface area contributed by atoms with Crippen molar-refractivity contribution in [2.75, 3.05) is 20.2 Å². The summed E-state index contributed by atoms with van der Waals surface area (Å²) < 4.78 is 19.0. The zero-order valence-electron chi connectivity index (χ0n) is 18.6. The number of likely N-dealkylation sites (tertiary alicyclic amines) is 1. The molecule has 6 heteroatoms. The van der Waals surface area contributed by atoms with Gasteiger partial charge in [-0.2, -0.15) is 0 Å². The van der Waals surface area contributed by atoms with Crippen molar-refractivity contribution in [2.24, 2.45) is 0 Å². The summed E-state index contributed by atoms with van der Waals surface area (Å²) in [5.41, 5.74) is 3.71. The molecule has 5 rings (SSSR count). The number of hydrogen-bond acceptors (Lipinski definition) is 4. The van der Waals surface area contributed by atoms with Crippen molar-refractivity contribution in [3.8, 4) is 16.9 Å². The fraction of sp³-hybridized carbons (Fsp3) is 0.259. The van der Waals surface area contributed by atoms with Crippen LogP contribution in [0.2, 0.25) is 0 Å². The quantitative estimate of drug-likeness (QED) is 0.465. The Bertz CT molecular complexity index is 1330. The third kappa shape index (κ3) is 4.52. The Balaban J connectivity index is 1.31. The van der Waals surface area contributed by atoms with Gasteiger partial charge in [0.05, 0.1) is 18.0 Å². The summed E-state index contributed by atoms with van der Waals surface area (Å²) in [6.45, 7) is 2.67. The Labute approximate surface area is 191 Å². The highest BCUT2D eigenvalue weighted by Crippen LogP contribution is 2.30. The molecule has 0 bridgehead atoms. The average Bonchev–Trinajstić information content (AvgIpc) is 2.85. The Hall–Kier alpha value is -3.51. The maximum Gasteiger partial charge on any atom is 0.258 e. The molecule has 0 saturated carbocycles. The molecule has 0 aliphatic carbocycles. The van der Waals surface area contributed by atoms with E-state index in [9.17, 15) is 9.18 Å². The standard InChI is InChI=1S/C27H26FN3O2/c1-33-25-7-3-2-6-22(25)19-10-8-18(9-11-19)16-31-14-4-5-20(17-31)26-29-24-13-12-21(28)15-23(24)27(32)30-26/h2-3,6-13,15,20H,4-5,14,16-17H2,1H3,(H,29,30,32). The Morgan fingerprint density at radius 2 is 1.94 bits per heavy atom. The second kappa shape index (κ2) is 9.16. The van der Waals surface area contributed by atoms with Gasteiger partial charge in [0.15, 0.2) is 0 Å². The van der Waals surface area contributed by atoms with Gasteiger partial charge in [0.1, 0.15) is 17.4 Å². The van der Waals surface area contributed by atoms with E-state index in [2.05, 4.69) is 45.2 Å². The van der Waals surface area contributed by atoms with Gasteiger partial charge >= 0.3 is 0 Å². The van der Waals surface area contributed by atoms with Gasteiger partial charge in [-0.15, -0.1) is 0 Å². The minimum atomic E-state index is -0.428. The minimum absolute atomic E-state index is 0.147. The second-order valence-electron chi connectivity index (χ2n) is 8.58. The maximum atomic E-state index is 13.5. The van der Waals surface area contributed by atoms with Crippen LogP contribution in [-0.4, -0.2) is 35.1 Å². The van der Waals surface area contributed by atoms with Crippen molar-refractivity contribution < 1.29 is 9.13 Å². The molecule has 1 aliphatic heterocycles. The molecule has 168 valence electrons. The summed E-state index contributed by atoms with van der Waals surface area (Å²) in [6, 6.07) is 20.8. The molecular formula is C27H26FN3O2. The predicted molar refractivity (Wildman–Crippen MR) is 128 cm³/mol. The van der Waals surface area contributed by atoms with Crippen LogP contribution < -0.4 is 10.3 Å². The van der Waals surface area contributed by atoms with Gasteiger partial charge in [-0.25, -0.2) is 9.37 Å². The number of aromatic amines is 1. The molecule has 2 heterocycles. The van der Waals surface area contributed by atoms with Crippen LogP contribution in [0.25, 0.3) is 22.0 Å². The third-order valence-corrected chi connectivity index (χ3v) is 6.36. The number of nitrogens with one attached hydrogen (secondary N) is 1. The topological polar surface area (TPSA) is 58.2 Å². The Morgan fingerprint density at radius 1 is 1.12 bits per heavy atom. The SMILES string of the molecule is COc1ccccc1-c1ccc(CN2CCCC(c3nc4ccc(F)cc4c(=O)[nH]3)C2)cc1. The van der Waals surface area contributed by atoms with Crippen molar-refractivity contribution in [3.63, 3.8) is 0 Å². The minimum Gasteiger partial charge on any atom is -0.496 e. The molecule has 4 aromatic rings. The van der Waals surface area contributed by atoms with Gasteiger partial charge in [0.25, 0.3) is 5.56 Å². The largest absolute Gasteiger partial charge is 0.496 e. The fourth-order valence-corrected chi connectivity index (χ4v) is 4.68. The first-order chi connectivity index (χ1) is 16.1. The number of rotatable bonds is 5. The summed E-state index contributed by atoms with van der Waals surface area (Å²) in [4.78, 5) is 22.4. The summed E-state index contributed by atoms with van der Waals surface area (Å²) >= 11 is 0. The van der Waals surface area contributed by atoms with Crippen LogP contribution in [0.5, 0.6) is 5.75 Å². The van der Waals surface area contributed by atoms with E-state index < -0.39 is 5.82 Å². The van der Waals surface area contributed by atoms with E-state index in [0.29, 0.717) is 16.7 Å². The van der Waals surface area contributed by atoms with E-state index >= 15 is 0 Å². The molecule has 0 amide bonds. The highest BCUT2D eigenvalue weighted by Gasteiger charge is 2.24. The lowest BCUT2D eigenvalue weighted by Crippen LogP contribution is -2.35. The number of hydrogen-bond donors (Lipinski definition) is 1. The normalized spacial score (nSPS) is 16.7. The summed E-state index contributed by atoms with van der Waals surface area (Å²) in [7, 11) is 1.69. The zero-order valence-corrected chi connectivity index (χ0v) is 18.6. The molecule has 1 N–H and O–H groups in total. The van der Waals surface area contributed by atoms with Crippen molar-refractivity contribution in [2.45, 2.75) is 25.3 Å². The number of benzene rings is 3. The number of nitrogens with zero attached hydrogens (tertiary/aromatic N) is 2. The first-order valence-corrected chi connectivity index (χ1v) is 11.2. The van der Waals surface area contributed by atoms with Crippen molar-refractivity contribution >= 4 is 10.9 Å². The van der Waals surface area contributed by atoms with Gasteiger partial charge in [0, 0.05) is 24.6 Å². The van der Waals surface area contributed by atoms with Crippen LogP contribution in [0.1, 0.15) is 30.1 Å². The monoisotopic (exact) mass is 443 g/mol. The Morgan fingerprint density at radius 3 is 2.76 bits per heavy atom. The van der Waals surface area contributed by atoms with Crippen LogP contribution in [-0.2, 0) is 6.54 Å².